The molecule has 2 heterocycles. The van der Waals surface area contributed by atoms with Crippen molar-refractivity contribution in [2.45, 2.75) is 32.2 Å². The molecule has 0 radical (unpaired) electrons. The van der Waals surface area contributed by atoms with Gasteiger partial charge in [0.15, 0.2) is 0 Å². The van der Waals surface area contributed by atoms with Crippen molar-refractivity contribution < 1.29 is 9.59 Å². The molecule has 1 saturated heterocycles. The predicted octanol–water partition coefficient (Wildman–Crippen LogP) is 3.02. The van der Waals surface area contributed by atoms with E-state index < -0.39 is 0 Å². The number of piperidine rings is 1. The molecule has 1 N–H and O–H groups in total. The lowest BCUT2D eigenvalue weighted by atomic mass is 10.0. The van der Waals surface area contributed by atoms with Crippen molar-refractivity contribution in [3.63, 3.8) is 0 Å². The molecule has 24 heavy (non-hydrogen) atoms. The first-order chi connectivity index (χ1) is 11.6. The van der Waals surface area contributed by atoms with Crippen LogP contribution in [0.25, 0.3) is 0 Å². The van der Waals surface area contributed by atoms with Crippen LogP contribution < -0.4 is 5.32 Å². The SMILES string of the molecule is Cc1ccc(C(=O)NC2CCN(C(=O)Cc3cccs3)CC2)cc1. The molecule has 2 aromatic rings. The van der Waals surface area contributed by atoms with Crippen molar-refractivity contribution in [3.8, 4) is 0 Å². The van der Waals surface area contributed by atoms with Crippen LogP contribution in [0.3, 0.4) is 0 Å². The molecule has 1 fully saturated rings. The quantitative estimate of drug-likeness (QED) is 0.928. The average Bonchev–Trinajstić information content (AvgIpc) is 3.09. The molecule has 1 aromatic heterocycles. The highest BCUT2D eigenvalue weighted by molar-refractivity contribution is 7.10. The van der Waals surface area contributed by atoms with E-state index in [1.807, 2.05) is 53.6 Å². The predicted molar refractivity (Wildman–Crippen MR) is 96.3 cm³/mol. The number of nitrogens with one attached hydrogen (secondary N) is 1. The molecule has 0 spiro atoms. The fourth-order valence-corrected chi connectivity index (χ4v) is 3.62. The van der Waals surface area contributed by atoms with E-state index in [-0.39, 0.29) is 17.9 Å². The molecule has 2 amide bonds. The Morgan fingerprint density at radius 2 is 1.88 bits per heavy atom. The van der Waals surface area contributed by atoms with Crippen LogP contribution in [0.4, 0.5) is 0 Å². The summed E-state index contributed by atoms with van der Waals surface area (Å²) in [6, 6.07) is 11.7. The molecule has 0 aliphatic carbocycles. The number of rotatable bonds is 4. The normalized spacial score (nSPS) is 15.3. The molecule has 0 unspecified atom stereocenters. The van der Waals surface area contributed by atoms with E-state index in [2.05, 4.69) is 5.32 Å². The van der Waals surface area contributed by atoms with E-state index in [4.69, 9.17) is 0 Å². The van der Waals surface area contributed by atoms with Gasteiger partial charge < -0.3 is 10.2 Å². The molecule has 1 aliphatic rings. The van der Waals surface area contributed by atoms with Gasteiger partial charge in [-0.1, -0.05) is 23.8 Å². The third kappa shape index (κ3) is 4.23. The lowest BCUT2D eigenvalue weighted by molar-refractivity contribution is -0.131. The van der Waals surface area contributed by atoms with Crippen LogP contribution in [0.2, 0.25) is 0 Å². The summed E-state index contributed by atoms with van der Waals surface area (Å²) in [5.41, 5.74) is 1.83. The molecule has 0 saturated carbocycles. The molecule has 4 nitrogen and oxygen atoms in total. The first-order valence-corrected chi connectivity index (χ1v) is 9.17. The summed E-state index contributed by atoms with van der Waals surface area (Å²) in [6.45, 7) is 3.43. The fourth-order valence-electron chi connectivity index (χ4n) is 2.92. The first-order valence-electron chi connectivity index (χ1n) is 8.29. The van der Waals surface area contributed by atoms with Crippen LogP contribution in [0.5, 0.6) is 0 Å². The van der Waals surface area contributed by atoms with Gasteiger partial charge in [0.2, 0.25) is 5.91 Å². The molecular weight excluding hydrogens is 320 g/mol. The zero-order valence-corrected chi connectivity index (χ0v) is 14.6. The Labute approximate surface area is 146 Å². The van der Waals surface area contributed by atoms with Crippen LogP contribution in [-0.4, -0.2) is 35.8 Å². The summed E-state index contributed by atoms with van der Waals surface area (Å²) in [5, 5.41) is 5.08. The Morgan fingerprint density at radius 1 is 1.17 bits per heavy atom. The number of nitrogens with zero attached hydrogens (tertiary/aromatic N) is 1. The van der Waals surface area contributed by atoms with Crippen molar-refractivity contribution >= 4 is 23.2 Å². The van der Waals surface area contributed by atoms with E-state index in [1.54, 1.807) is 11.3 Å². The van der Waals surface area contributed by atoms with Crippen molar-refractivity contribution in [2.24, 2.45) is 0 Å². The molecule has 3 rings (SSSR count). The van der Waals surface area contributed by atoms with E-state index in [0.717, 1.165) is 23.3 Å². The zero-order valence-electron chi connectivity index (χ0n) is 13.8. The molecular formula is C19H22N2O2S. The minimum absolute atomic E-state index is 0.0293. The van der Waals surface area contributed by atoms with Gasteiger partial charge in [-0.3, -0.25) is 9.59 Å². The van der Waals surface area contributed by atoms with Crippen molar-refractivity contribution in [1.29, 1.82) is 0 Å². The molecule has 0 bridgehead atoms. The van der Waals surface area contributed by atoms with Gasteiger partial charge in [0.25, 0.3) is 5.91 Å². The zero-order chi connectivity index (χ0) is 16.9. The van der Waals surface area contributed by atoms with Crippen molar-refractivity contribution in [3.05, 3.63) is 57.8 Å². The van der Waals surface area contributed by atoms with Gasteiger partial charge in [0.1, 0.15) is 0 Å². The maximum absolute atomic E-state index is 12.3. The van der Waals surface area contributed by atoms with Crippen LogP contribution in [0, 0.1) is 6.92 Å². The number of benzene rings is 1. The Kier molecular flexibility index (Phi) is 5.30. The number of carbonyl (C=O) groups excluding carboxylic acids is 2. The number of likely N-dealkylation sites (tertiary alicyclic amines) is 1. The summed E-state index contributed by atoms with van der Waals surface area (Å²) in [7, 11) is 0. The van der Waals surface area contributed by atoms with E-state index in [9.17, 15) is 9.59 Å². The highest BCUT2D eigenvalue weighted by atomic mass is 32.1. The van der Waals surface area contributed by atoms with Crippen LogP contribution >= 0.6 is 11.3 Å². The summed E-state index contributed by atoms with van der Waals surface area (Å²) in [4.78, 5) is 27.6. The minimum Gasteiger partial charge on any atom is -0.349 e. The van der Waals surface area contributed by atoms with Gasteiger partial charge in [-0.15, -0.1) is 11.3 Å². The summed E-state index contributed by atoms with van der Waals surface area (Å²) >= 11 is 1.62. The first kappa shape index (κ1) is 16.7. The molecule has 126 valence electrons. The Hall–Kier alpha value is -2.14. The molecule has 5 heteroatoms. The van der Waals surface area contributed by atoms with Gasteiger partial charge in [-0.2, -0.15) is 0 Å². The molecule has 1 aliphatic heterocycles. The summed E-state index contributed by atoms with van der Waals surface area (Å²) in [5.74, 6) is 0.152. The number of thiophene rings is 1. The standard InChI is InChI=1S/C19H22N2O2S/c1-14-4-6-15(7-5-14)19(23)20-16-8-10-21(11-9-16)18(22)13-17-3-2-12-24-17/h2-7,12,16H,8-11,13H2,1H3,(H,20,23). The number of aryl methyl sites for hydroxylation is 1. The number of hydrogen-bond donors (Lipinski definition) is 1. The Morgan fingerprint density at radius 3 is 2.50 bits per heavy atom. The third-order valence-corrected chi connectivity index (χ3v) is 5.28. The minimum atomic E-state index is -0.0293. The third-order valence-electron chi connectivity index (χ3n) is 4.40. The average molecular weight is 342 g/mol. The second-order valence-electron chi connectivity index (χ2n) is 6.25. The highest BCUT2D eigenvalue weighted by Gasteiger charge is 2.24. The highest BCUT2D eigenvalue weighted by Crippen LogP contribution is 2.15. The lowest BCUT2D eigenvalue weighted by Crippen LogP contribution is -2.46. The second kappa shape index (κ2) is 7.62. The maximum atomic E-state index is 12.3. The topological polar surface area (TPSA) is 49.4 Å². The maximum Gasteiger partial charge on any atom is 0.251 e. The van der Waals surface area contributed by atoms with Crippen molar-refractivity contribution in [1.82, 2.24) is 10.2 Å². The Bertz CT molecular complexity index is 687. The van der Waals surface area contributed by atoms with Gasteiger partial charge >= 0.3 is 0 Å². The van der Waals surface area contributed by atoms with Crippen LogP contribution in [0.1, 0.15) is 33.6 Å². The molecule has 1 aromatic carbocycles. The summed E-state index contributed by atoms with van der Waals surface area (Å²) in [6.07, 6.45) is 2.11. The molecule has 0 atom stereocenters. The number of carbonyl (C=O) groups is 2. The van der Waals surface area contributed by atoms with E-state index >= 15 is 0 Å². The second-order valence-corrected chi connectivity index (χ2v) is 7.28. The number of hydrogen-bond acceptors (Lipinski definition) is 3. The van der Waals surface area contributed by atoms with E-state index in [1.165, 1.54) is 0 Å². The lowest BCUT2D eigenvalue weighted by Gasteiger charge is -2.32. The number of amides is 2. The largest absolute Gasteiger partial charge is 0.349 e. The summed E-state index contributed by atoms with van der Waals surface area (Å²) < 4.78 is 0. The van der Waals surface area contributed by atoms with Gasteiger partial charge in [-0.05, 0) is 43.3 Å². The van der Waals surface area contributed by atoms with Crippen molar-refractivity contribution in [2.75, 3.05) is 13.1 Å². The monoisotopic (exact) mass is 342 g/mol. The van der Waals surface area contributed by atoms with Crippen LogP contribution in [-0.2, 0) is 11.2 Å². The van der Waals surface area contributed by atoms with Gasteiger partial charge in [-0.25, -0.2) is 0 Å². The van der Waals surface area contributed by atoms with Gasteiger partial charge in [0, 0.05) is 29.6 Å². The Balaban J connectivity index is 1.47. The van der Waals surface area contributed by atoms with Crippen LogP contribution in [0.15, 0.2) is 41.8 Å². The van der Waals surface area contributed by atoms with Gasteiger partial charge in [0.05, 0.1) is 6.42 Å². The fraction of sp³-hybridized carbons (Fsp3) is 0.368. The smallest absolute Gasteiger partial charge is 0.251 e. The van der Waals surface area contributed by atoms with E-state index in [0.29, 0.717) is 25.1 Å².